The smallest absolute Gasteiger partial charge is 0.342 e. The Labute approximate surface area is 211 Å². The average Bonchev–Trinajstić information content (AvgIpc) is 2.85. The van der Waals surface area contributed by atoms with Crippen molar-refractivity contribution in [3.8, 4) is 11.1 Å². The molecule has 4 rings (SSSR count). The zero-order valence-corrected chi connectivity index (χ0v) is 23.1. The van der Waals surface area contributed by atoms with E-state index in [0.717, 1.165) is 47.9 Å². The Balaban J connectivity index is 2.27. The average molecular weight is 694 g/mol. The molecule has 10 heteroatoms. The highest BCUT2D eigenvalue weighted by Crippen LogP contribution is 2.48. The van der Waals surface area contributed by atoms with Gasteiger partial charge in [-0.1, -0.05) is 0 Å². The second kappa shape index (κ2) is 10.3. The molecule has 2 aromatic carbocycles. The molecule has 0 aliphatic heterocycles. The Morgan fingerprint density at radius 1 is 0.647 bits per heavy atom. The first-order valence-electron chi connectivity index (χ1n) is 10.9. The van der Waals surface area contributed by atoms with Gasteiger partial charge in [0.1, 0.15) is 0 Å². The lowest BCUT2D eigenvalue weighted by atomic mass is 9.79. The van der Waals surface area contributed by atoms with E-state index in [1.807, 2.05) is 0 Å². The van der Waals surface area contributed by atoms with Crippen molar-refractivity contribution in [2.45, 2.75) is 51.4 Å². The first-order valence-corrected chi connectivity index (χ1v) is 16.6. The Kier molecular flexibility index (Phi) is 7.65. The number of aryl methyl sites for hydroxylation is 2. The van der Waals surface area contributed by atoms with Crippen LogP contribution in [0.1, 0.15) is 68.7 Å². The normalized spacial score (nSPS) is 15.1. The number of fused-ring (bicyclic) bond motifs is 2. The number of carbonyl (C=O) groups is 2. The largest absolute Gasteiger partial charge is 0.465 e. The van der Waals surface area contributed by atoms with Crippen LogP contribution in [0.25, 0.3) is 11.1 Å². The van der Waals surface area contributed by atoms with Crippen molar-refractivity contribution in [1.29, 1.82) is 0 Å². The first kappa shape index (κ1) is 25.1. The molecule has 0 heterocycles. The third kappa shape index (κ3) is 4.38. The Morgan fingerprint density at radius 2 is 1.00 bits per heavy atom. The lowest BCUT2D eigenvalue weighted by Gasteiger charge is -2.27. The van der Waals surface area contributed by atoms with Crippen LogP contribution in [0.2, 0.25) is 0 Å². The van der Waals surface area contributed by atoms with Crippen molar-refractivity contribution in [3.05, 3.63) is 52.7 Å². The number of ether oxygens (including phenoxy) is 2. The fourth-order valence-corrected chi connectivity index (χ4v) is 8.89. The van der Waals surface area contributed by atoms with Crippen molar-refractivity contribution >= 4 is 51.5 Å². The van der Waals surface area contributed by atoms with Gasteiger partial charge in [-0.25, -0.2) is 21.9 Å². The summed E-state index contributed by atoms with van der Waals surface area (Å²) in [5, 5.41) is 0. The Hall–Kier alpha value is -1.96. The summed E-state index contributed by atoms with van der Waals surface area (Å²) in [7, 11) is 2.37. The molecule has 0 atom stereocenters. The second-order valence-corrected chi connectivity index (χ2v) is 13.0. The molecule has 0 saturated carbocycles. The van der Waals surface area contributed by atoms with Gasteiger partial charge in [-0.2, -0.15) is 0 Å². The number of benzene rings is 2. The molecular formula is C24H24I2O8. The van der Waals surface area contributed by atoms with Gasteiger partial charge in [0.25, 0.3) is 0 Å². The summed E-state index contributed by atoms with van der Waals surface area (Å²) in [5.41, 5.74) is 3.56. The van der Waals surface area contributed by atoms with E-state index in [1.54, 1.807) is 12.1 Å². The van der Waals surface area contributed by atoms with Crippen LogP contribution in [0, 0.1) is 7.14 Å². The predicted molar refractivity (Wildman–Crippen MR) is 136 cm³/mol. The summed E-state index contributed by atoms with van der Waals surface area (Å²) in [5.74, 6) is -1.56. The molecule has 0 amide bonds. The Bertz CT molecular complexity index is 1230. The number of esters is 2. The predicted octanol–water partition coefficient (Wildman–Crippen LogP) is 5.42. The van der Waals surface area contributed by atoms with Crippen molar-refractivity contribution in [1.82, 2.24) is 0 Å². The molecule has 2 aliphatic carbocycles. The van der Waals surface area contributed by atoms with Crippen LogP contribution in [-0.4, -0.2) is 26.2 Å². The number of hydrogen-bond acceptors (Lipinski definition) is 8. The third-order valence-electron chi connectivity index (χ3n) is 6.54. The minimum Gasteiger partial charge on any atom is -0.465 e. The molecule has 0 saturated heterocycles. The molecule has 0 spiro atoms. The van der Waals surface area contributed by atoms with E-state index < -0.39 is 51.5 Å². The van der Waals surface area contributed by atoms with Gasteiger partial charge in [0.05, 0.1) is 32.5 Å². The molecule has 8 nitrogen and oxygen atoms in total. The summed E-state index contributed by atoms with van der Waals surface area (Å²) in [6, 6.07) is 3.17. The number of hydrogen-bond donors (Lipinski definition) is 0. The van der Waals surface area contributed by atoms with Crippen molar-refractivity contribution in [2.24, 2.45) is 0 Å². The van der Waals surface area contributed by atoms with Crippen LogP contribution >= 0.6 is 39.6 Å². The van der Waals surface area contributed by atoms with Crippen LogP contribution in [0.5, 0.6) is 0 Å². The maximum atomic E-state index is 12.7. The minimum absolute atomic E-state index is 0.0653. The first-order chi connectivity index (χ1) is 16.3. The van der Waals surface area contributed by atoms with Crippen LogP contribution in [0.15, 0.2) is 12.1 Å². The summed E-state index contributed by atoms with van der Waals surface area (Å²) in [4.78, 5) is 25.3. The number of halogens is 2. The zero-order valence-electron chi connectivity index (χ0n) is 18.8. The van der Waals surface area contributed by atoms with Crippen molar-refractivity contribution < 1.29 is 31.3 Å². The van der Waals surface area contributed by atoms with Crippen LogP contribution in [0.3, 0.4) is 0 Å². The maximum absolute atomic E-state index is 12.7. The van der Waals surface area contributed by atoms with E-state index in [0.29, 0.717) is 25.7 Å². The zero-order chi connectivity index (χ0) is 24.6. The van der Waals surface area contributed by atoms with E-state index in [2.05, 4.69) is 0 Å². The van der Waals surface area contributed by atoms with Crippen molar-refractivity contribution in [3.63, 3.8) is 0 Å². The quantitative estimate of drug-likeness (QED) is 0.301. The summed E-state index contributed by atoms with van der Waals surface area (Å²) >= 11 is -8.68. The van der Waals surface area contributed by atoms with Crippen LogP contribution in [0.4, 0.5) is 0 Å². The minimum atomic E-state index is -4.34. The number of rotatable bonds is 5. The molecule has 0 N–H and O–H groups in total. The lowest BCUT2D eigenvalue weighted by molar-refractivity contribution is 0.0590. The SMILES string of the molecule is COC(=O)c1cc2c(c(-c3c4c(cc(C(=O)OC)c3I(=O)=O)CCCC4)c1I(=O)=O)CCCC2. The molecule has 0 radical (unpaired) electrons. The van der Waals surface area contributed by atoms with E-state index in [-0.39, 0.29) is 29.4 Å². The monoisotopic (exact) mass is 694 g/mol. The van der Waals surface area contributed by atoms with Gasteiger partial charge in [-0.3, -0.25) is 0 Å². The fourth-order valence-electron chi connectivity index (χ4n) is 5.12. The highest BCUT2D eigenvalue weighted by atomic mass is 127. The second-order valence-electron chi connectivity index (χ2n) is 8.33. The standard InChI is InChI=1S/C24H24I2O8/c1-33-23(27)17-11-13-7-3-5-9-15(13)19(21(17)25(29)30)20-16-10-6-4-8-14(16)12-18(24(28)34-2)22(20)26(31)32/h11-12H,3-10H2,1-2H3. The Morgan fingerprint density at radius 3 is 1.32 bits per heavy atom. The molecule has 0 fully saturated rings. The molecule has 34 heavy (non-hydrogen) atoms. The maximum Gasteiger partial charge on any atom is 0.342 e. The topological polar surface area (TPSA) is 121 Å². The summed E-state index contributed by atoms with van der Waals surface area (Å²) < 4.78 is 60.4. The summed E-state index contributed by atoms with van der Waals surface area (Å²) in [6.07, 6.45) is 5.78. The van der Waals surface area contributed by atoms with Gasteiger partial charge in [-0.15, -0.1) is 0 Å². The molecule has 2 aliphatic rings. The molecule has 182 valence electrons. The van der Waals surface area contributed by atoms with Gasteiger partial charge in [0.2, 0.25) is 0 Å². The molecule has 2 aromatic rings. The van der Waals surface area contributed by atoms with Gasteiger partial charge >= 0.3 is 51.5 Å². The molecule has 0 unspecified atom stereocenters. The fraction of sp³-hybridized carbons (Fsp3) is 0.417. The third-order valence-corrected chi connectivity index (χ3v) is 10.5. The van der Waals surface area contributed by atoms with Crippen molar-refractivity contribution in [2.75, 3.05) is 14.2 Å². The number of methoxy groups -OCH3 is 2. The van der Waals surface area contributed by atoms with Crippen LogP contribution < -0.4 is 0 Å². The molecule has 0 aromatic heterocycles. The number of carbonyl (C=O) groups excluding carboxylic acids is 2. The highest BCUT2D eigenvalue weighted by molar-refractivity contribution is 14.2. The van der Waals surface area contributed by atoms with Crippen LogP contribution in [-0.2, 0) is 47.4 Å². The van der Waals surface area contributed by atoms with Gasteiger partial charge in [-0.05, 0) is 85.8 Å². The molecular weight excluding hydrogens is 670 g/mol. The van der Waals surface area contributed by atoms with E-state index in [4.69, 9.17) is 9.47 Å². The highest BCUT2D eigenvalue weighted by Gasteiger charge is 2.34. The van der Waals surface area contributed by atoms with E-state index >= 15 is 0 Å². The van der Waals surface area contributed by atoms with Gasteiger partial charge < -0.3 is 9.47 Å². The lowest BCUT2D eigenvalue weighted by Crippen LogP contribution is -2.17. The van der Waals surface area contributed by atoms with E-state index in [1.165, 1.54) is 14.2 Å². The van der Waals surface area contributed by atoms with E-state index in [9.17, 15) is 21.9 Å². The van der Waals surface area contributed by atoms with Gasteiger partial charge in [0, 0.05) is 11.1 Å². The summed E-state index contributed by atoms with van der Waals surface area (Å²) in [6.45, 7) is 0. The van der Waals surface area contributed by atoms with Gasteiger partial charge in [0.15, 0.2) is 0 Å². The molecule has 0 bridgehead atoms.